The molecule has 5 nitrogen and oxygen atoms in total. The Bertz CT molecular complexity index is 504. The van der Waals surface area contributed by atoms with Crippen molar-refractivity contribution in [2.24, 2.45) is 5.73 Å². The standard InChI is InChI=1S/C11H13FN4O/c1-6-4-3-5-8(12)9(6)14-11-16-15-10(17-11)7(2)13/h3-5,7H,13H2,1-2H3,(H,14,16). The van der Waals surface area contributed by atoms with Crippen LogP contribution < -0.4 is 11.1 Å². The van der Waals surface area contributed by atoms with Crippen molar-refractivity contribution >= 4 is 11.7 Å². The van der Waals surface area contributed by atoms with Gasteiger partial charge in [-0.05, 0) is 25.5 Å². The summed E-state index contributed by atoms with van der Waals surface area (Å²) in [6.45, 7) is 3.51. The molecule has 17 heavy (non-hydrogen) atoms. The van der Waals surface area contributed by atoms with Gasteiger partial charge in [0.25, 0.3) is 0 Å². The number of nitrogens with two attached hydrogens (primary N) is 1. The zero-order valence-corrected chi connectivity index (χ0v) is 9.57. The normalized spacial score (nSPS) is 12.5. The van der Waals surface area contributed by atoms with E-state index < -0.39 is 0 Å². The summed E-state index contributed by atoms with van der Waals surface area (Å²) in [4.78, 5) is 0. The maximum Gasteiger partial charge on any atom is 0.320 e. The number of anilines is 2. The maximum atomic E-state index is 13.5. The quantitative estimate of drug-likeness (QED) is 0.854. The highest BCUT2D eigenvalue weighted by Gasteiger charge is 2.12. The van der Waals surface area contributed by atoms with Crippen LogP contribution >= 0.6 is 0 Å². The Morgan fingerprint density at radius 3 is 2.76 bits per heavy atom. The molecule has 0 saturated carbocycles. The number of aryl methyl sites for hydroxylation is 1. The molecule has 2 aromatic rings. The lowest BCUT2D eigenvalue weighted by Gasteiger charge is -2.06. The molecule has 0 fully saturated rings. The molecule has 0 radical (unpaired) electrons. The first-order valence-electron chi connectivity index (χ1n) is 5.19. The number of aromatic nitrogens is 2. The third kappa shape index (κ3) is 2.42. The van der Waals surface area contributed by atoms with Crippen LogP contribution in [0.1, 0.15) is 24.4 Å². The summed E-state index contributed by atoms with van der Waals surface area (Å²) in [7, 11) is 0. The van der Waals surface area contributed by atoms with Gasteiger partial charge in [0.15, 0.2) is 0 Å². The van der Waals surface area contributed by atoms with Crippen molar-refractivity contribution in [2.75, 3.05) is 5.32 Å². The lowest BCUT2D eigenvalue weighted by Crippen LogP contribution is -2.04. The van der Waals surface area contributed by atoms with Crippen LogP contribution in [0.3, 0.4) is 0 Å². The number of hydrogen-bond acceptors (Lipinski definition) is 5. The number of nitrogens with one attached hydrogen (secondary N) is 1. The molecule has 1 heterocycles. The van der Waals surface area contributed by atoms with E-state index in [1.807, 2.05) is 0 Å². The molecule has 1 aromatic carbocycles. The van der Waals surface area contributed by atoms with Crippen LogP contribution in [0.5, 0.6) is 0 Å². The highest BCUT2D eigenvalue weighted by atomic mass is 19.1. The van der Waals surface area contributed by atoms with E-state index in [-0.39, 0.29) is 17.9 Å². The Morgan fingerprint density at radius 1 is 1.41 bits per heavy atom. The van der Waals surface area contributed by atoms with Crippen LogP contribution in [0.25, 0.3) is 0 Å². The van der Waals surface area contributed by atoms with Crippen molar-refractivity contribution in [1.29, 1.82) is 0 Å². The molecule has 6 heteroatoms. The molecule has 1 aromatic heterocycles. The Kier molecular flexibility index (Phi) is 3.06. The van der Waals surface area contributed by atoms with Gasteiger partial charge in [0, 0.05) is 0 Å². The van der Waals surface area contributed by atoms with Gasteiger partial charge in [0.2, 0.25) is 5.89 Å². The molecule has 1 unspecified atom stereocenters. The minimum atomic E-state index is -0.370. The Morgan fingerprint density at radius 2 is 2.18 bits per heavy atom. The monoisotopic (exact) mass is 236 g/mol. The summed E-state index contributed by atoms with van der Waals surface area (Å²) in [5.41, 5.74) is 6.66. The SMILES string of the molecule is Cc1cccc(F)c1Nc1nnc(C(C)N)o1. The first-order valence-corrected chi connectivity index (χ1v) is 5.19. The number of benzene rings is 1. The van der Waals surface area contributed by atoms with Crippen LogP contribution in [0.15, 0.2) is 22.6 Å². The summed E-state index contributed by atoms with van der Waals surface area (Å²) in [5.74, 6) is -0.0629. The van der Waals surface area contributed by atoms with Crippen molar-refractivity contribution < 1.29 is 8.81 Å². The van der Waals surface area contributed by atoms with Crippen molar-refractivity contribution in [2.45, 2.75) is 19.9 Å². The average Bonchev–Trinajstić information content (AvgIpc) is 2.72. The molecular formula is C11H13FN4O. The predicted octanol–water partition coefficient (Wildman–Crippen LogP) is 2.28. The smallest absolute Gasteiger partial charge is 0.320 e. The van der Waals surface area contributed by atoms with Crippen LogP contribution in [0.2, 0.25) is 0 Å². The molecule has 0 aliphatic rings. The molecular weight excluding hydrogens is 223 g/mol. The Hall–Kier alpha value is -1.95. The first-order chi connectivity index (χ1) is 8.08. The van der Waals surface area contributed by atoms with Crippen LogP contribution in [-0.2, 0) is 0 Å². The summed E-state index contributed by atoms with van der Waals surface area (Å²) < 4.78 is 18.8. The van der Waals surface area contributed by atoms with Gasteiger partial charge < -0.3 is 15.5 Å². The van der Waals surface area contributed by atoms with Gasteiger partial charge in [-0.2, -0.15) is 0 Å². The minimum absolute atomic E-state index is 0.130. The van der Waals surface area contributed by atoms with Gasteiger partial charge in [-0.15, -0.1) is 5.10 Å². The summed E-state index contributed by atoms with van der Waals surface area (Å²) >= 11 is 0. The number of rotatable bonds is 3. The Labute approximate surface area is 97.8 Å². The van der Waals surface area contributed by atoms with E-state index in [9.17, 15) is 4.39 Å². The molecule has 0 saturated heterocycles. The fraction of sp³-hybridized carbons (Fsp3) is 0.273. The second kappa shape index (κ2) is 4.50. The topological polar surface area (TPSA) is 77.0 Å². The molecule has 0 spiro atoms. The minimum Gasteiger partial charge on any atom is -0.406 e. The third-order valence-corrected chi connectivity index (χ3v) is 2.28. The van der Waals surface area contributed by atoms with Crippen molar-refractivity contribution in [3.05, 3.63) is 35.5 Å². The van der Waals surface area contributed by atoms with Crippen molar-refractivity contribution in [3.63, 3.8) is 0 Å². The molecule has 1 atom stereocenters. The van der Waals surface area contributed by atoms with Crippen molar-refractivity contribution in [1.82, 2.24) is 10.2 Å². The largest absolute Gasteiger partial charge is 0.406 e. The van der Waals surface area contributed by atoms with Crippen LogP contribution in [0, 0.1) is 12.7 Å². The Balaban J connectivity index is 2.25. The fourth-order valence-electron chi connectivity index (χ4n) is 1.37. The van der Waals surface area contributed by atoms with E-state index in [1.54, 1.807) is 26.0 Å². The van der Waals surface area contributed by atoms with E-state index in [0.717, 1.165) is 5.56 Å². The lowest BCUT2D eigenvalue weighted by atomic mass is 10.2. The van der Waals surface area contributed by atoms with Gasteiger partial charge in [-0.25, -0.2) is 4.39 Å². The van der Waals surface area contributed by atoms with Crippen LogP contribution in [0.4, 0.5) is 16.1 Å². The van der Waals surface area contributed by atoms with Gasteiger partial charge >= 0.3 is 6.01 Å². The number of hydrogen-bond donors (Lipinski definition) is 2. The predicted molar refractivity (Wildman–Crippen MR) is 61.3 cm³/mol. The van der Waals surface area contributed by atoms with Gasteiger partial charge in [0.1, 0.15) is 5.82 Å². The second-order valence-corrected chi connectivity index (χ2v) is 3.79. The number of para-hydroxylation sites is 1. The molecule has 0 aliphatic heterocycles. The van der Waals surface area contributed by atoms with Gasteiger partial charge in [0.05, 0.1) is 11.7 Å². The van der Waals surface area contributed by atoms with Gasteiger partial charge in [-0.3, -0.25) is 0 Å². The third-order valence-electron chi connectivity index (χ3n) is 2.28. The number of halogens is 1. The van der Waals surface area contributed by atoms with E-state index in [4.69, 9.17) is 10.2 Å². The molecule has 90 valence electrons. The molecule has 0 amide bonds. The summed E-state index contributed by atoms with van der Waals surface area (Å²) in [6.07, 6.45) is 0. The molecule has 3 N–H and O–H groups in total. The van der Waals surface area contributed by atoms with Gasteiger partial charge in [-0.1, -0.05) is 17.2 Å². The molecule has 0 bridgehead atoms. The first kappa shape index (κ1) is 11.5. The maximum absolute atomic E-state index is 13.5. The highest BCUT2D eigenvalue weighted by Crippen LogP contribution is 2.23. The lowest BCUT2D eigenvalue weighted by molar-refractivity contribution is 0.475. The fourth-order valence-corrected chi connectivity index (χ4v) is 1.37. The highest BCUT2D eigenvalue weighted by molar-refractivity contribution is 5.57. The average molecular weight is 236 g/mol. The zero-order chi connectivity index (χ0) is 12.4. The zero-order valence-electron chi connectivity index (χ0n) is 9.57. The van der Waals surface area contributed by atoms with E-state index in [1.165, 1.54) is 6.07 Å². The van der Waals surface area contributed by atoms with E-state index >= 15 is 0 Å². The second-order valence-electron chi connectivity index (χ2n) is 3.79. The number of nitrogens with zero attached hydrogens (tertiary/aromatic N) is 2. The van der Waals surface area contributed by atoms with E-state index in [2.05, 4.69) is 15.5 Å². The summed E-state index contributed by atoms with van der Waals surface area (Å²) in [5, 5.41) is 10.2. The van der Waals surface area contributed by atoms with Crippen molar-refractivity contribution in [3.8, 4) is 0 Å². The molecule has 2 rings (SSSR count). The van der Waals surface area contributed by atoms with Crippen LogP contribution in [-0.4, -0.2) is 10.2 Å². The summed E-state index contributed by atoms with van der Waals surface area (Å²) in [6, 6.07) is 4.56. The van der Waals surface area contributed by atoms with E-state index in [0.29, 0.717) is 11.6 Å². The molecule has 0 aliphatic carbocycles.